The van der Waals surface area contributed by atoms with E-state index >= 15 is 0 Å². The average molecular weight is 1210 g/mol. The van der Waals surface area contributed by atoms with Crippen molar-refractivity contribution >= 4 is 150 Å². The molecule has 6 heterocycles. The van der Waals surface area contributed by atoms with Gasteiger partial charge in [0.15, 0.2) is 11.6 Å². The lowest BCUT2D eigenvalue weighted by molar-refractivity contribution is 1.18. The zero-order valence-corrected chi connectivity index (χ0v) is 50.6. The highest BCUT2D eigenvalue weighted by Gasteiger charge is 2.25. The van der Waals surface area contributed by atoms with Crippen LogP contribution in [0.5, 0.6) is 0 Å². The SMILES string of the molecule is [2H]c1c([2H])c([2H])c(-c2nc(-c3cccc(-n4c5ccccc5c5c6ccccc6c6c7ccccc7sc6c54)c3)nc3ccccc23)c([2H])c1[2H].c1ccc(-c2nc(-c3cccc(-n4c5ccccc5c5c6ccccc6c6c7ccccc7sc6c54)c3)nc3ccccc23)cc1. The zero-order valence-electron chi connectivity index (χ0n) is 54.0. The highest BCUT2D eigenvalue weighted by molar-refractivity contribution is 7.27. The number of thiophene rings is 2. The van der Waals surface area contributed by atoms with E-state index < -0.39 is 18.1 Å². The van der Waals surface area contributed by atoms with E-state index in [9.17, 15) is 0 Å². The summed E-state index contributed by atoms with van der Waals surface area (Å²) in [6.07, 6.45) is 0. The van der Waals surface area contributed by atoms with Crippen LogP contribution in [-0.2, 0) is 0 Å². The number of para-hydroxylation sites is 4. The molecule has 92 heavy (non-hydrogen) atoms. The van der Waals surface area contributed by atoms with Gasteiger partial charge in [-0.1, -0.05) is 243 Å². The number of hydrogen-bond acceptors (Lipinski definition) is 6. The number of hydrogen-bond donors (Lipinski definition) is 0. The largest absolute Gasteiger partial charge is 0.308 e. The third-order valence-corrected chi connectivity index (χ3v) is 20.4. The summed E-state index contributed by atoms with van der Waals surface area (Å²) < 4.78 is 52.2. The molecule has 20 aromatic rings. The van der Waals surface area contributed by atoms with E-state index in [2.05, 4.69) is 234 Å². The summed E-state index contributed by atoms with van der Waals surface area (Å²) in [4.78, 5) is 20.2. The Kier molecular flexibility index (Phi) is 10.8. The topological polar surface area (TPSA) is 61.4 Å². The molecule has 0 radical (unpaired) electrons. The van der Waals surface area contributed by atoms with Crippen molar-refractivity contribution in [1.29, 1.82) is 0 Å². The van der Waals surface area contributed by atoms with E-state index in [4.69, 9.17) is 26.8 Å². The van der Waals surface area contributed by atoms with Crippen molar-refractivity contribution in [2.24, 2.45) is 0 Å². The summed E-state index contributed by atoms with van der Waals surface area (Å²) in [5.41, 5.74) is 12.4. The maximum atomic E-state index is 8.73. The lowest BCUT2D eigenvalue weighted by Crippen LogP contribution is -1.98. The van der Waals surface area contributed by atoms with E-state index in [-0.39, 0.29) is 17.6 Å². The van der Waals surface area contributed by atoms with Gasteiger partial charge < -0.3 is 9.13 Å². The van der Waals surface area contributed by atoms with E-state index in [0.717, 1.165) is 61.5 Å². The van der Waals surface area contributed by atoms with Gasteiger partial charge in [0.25, 0.3) is 0 Å². The van der Waals surface area contributed by atoms with Crippen molar-refractivity contribution in [1.82, 2.24) is 29.1 Å². The molecule has 0 saturated carbocycles. The van der Waals surface area contributed by atoms with E-state index in [1.54, 1.807) is 0 Å². The molecule has 20 rings (SSSR count). The molecule has 8 heteroatoms. The number of nitrogens with zero attached hydrogens (tertiary/aromatic N) is 6. The van der Waals surface area contributed by atoms with Gasteiger partial charge in [0.1, 0.15) is 0 Å². The van der Waals surface area contributed by atoms with Gasteiger partial charge in [-0.3, -0.25) is 0 Å². The van der Waals surface area contributed by atoms with E-state index in [0.29, 0.717) is 22.4 Å². The molecule has 0 unspecified atom stereocenters. The monoisotopic (exact) mass is 1210 g/mol. The zero-order chi connectivity index (χ0) is 64.7. The summed E-state index contributed by atoms with van der Waals surface area (Å²) in [7, 11) is 0. The molecule has 0 spiro atoms. The standard InChI is InChI=1S/2C42H25N3S/c2*1-2-13-26(14-3-1)39-31-19-6-9-22-34(31)43-42(44-39)27-15-12-16-28(25-27)45-35-23-10-7-20-32(35)37-29-17-4-5-18-30(29)38-33-21-8-11-24-36(33)46-41(38)40(37)45/h2*1-25H/i1D,2D,3D,13D,14D;. The Morgan fingerprint density at radius 3 is 1.13 bits per heavy atom. The van der Waals surface area contributed by atoms with Crippen LogP contribution in [0.25, 0.3) is 184 Å². The third-order valence-electron chi connectivity index (χ3n) is 18.0. The molecule has 0 N–H and O–H groups in total. The van der Waals surface area contributed by atoms with Crippen molar-refractivity contribution in [2.45, 2.75) is 0 Å². The first-order valence-electron chi connectivity index (χ1n) is 33.1. The molecule has 0 atom stereocenters. The molecule has 0 saturated heterocycles. The first-order valence-corrected chi connectivity index (χ1v) is 32.3. The highest BCUT2D eigenvalue weighted by atomic mass is 32.1. The Hall–Kier alpha value is -11.7. The fourth-order valence-corrected chi connectivity index (χ4v) is 16.7. The summed E-state index contributed by atoms with van der Waals surface area (Å²) in [6, 6.07) is 93.4. The van der Waals surface area contributed by atoms with E-state index in [1.165, 1.54) is 94.5 Å². The Morgan fingerprint density at radius 1 is 0.283 bits per heavy atom. The van der Waals surface area contributed by atoms with Crippen LogP contribution in [0.1, 0.15) is 6.85 Å². The molecular weight excluding hydrogens is 1160 g/mol. The quantitative estimate of drug-likeness (QED) is 0.166. The smallest absolute Gasteiger partial charge is 0.160 e. The number of rotatable bonds is 6. The van der Waals surface area contributed by atoms with Gasteiger partial charge in [-0.25, -0.2) is 19.9 Å². The normalized spacial score (nSPS) is 12.7. The van der Waals surface area contributed by atoms with Gasteiger partial charge in [0.2, 0.25) is 0 Å². The molecular formula is C84H50N6S2. The van der Waals surface area contributed by atoms with Crippen LogP contribution in [0.15, 0.2) is 303 Å². The van der Waals surface area contributed by atoms with Gasteiger partial charge in [0.05, 0.1) is 60.7 Å². The summed E-state index contributed by atoms with van der Waals surface area (Å²) in [6.45, 7) is 0. The lowest BCUT2D eigenvalue weighted by atomic mass is 9.99. The summed E-state index contributed by atoms with van der Waals surface area (Å²) >= 11 is 3.70. The second-order valence-corrected chi connectivity index (χ2v) is 25.2. The Labute approximate surface area is 542 Å². The van der Waals surface area contributed by atoms with Gasteiger partial charge in [-0.2, -0.15) is 0 Å². The molecule has 0 fully saturated rings. The second kappa shape index (κ2) is 21.0. The predicted octanol–water partition coefficient (Wildman–Crippen LogP) is 23.2. The van der Waals surface area contributed by atoms with Crippen LogP contribution in [0.3, 0.4) is 0 Å². The number of aromatic nitrogens is 6. The Morgan fingerprint density at radius 2 is 0.652 bits per heavy atom. The first-order chi connectivity index (χ1) is 47.7. The predicted molar refractivity (Wildman–Crippen MR) is 390 cm³/mol. The molecule has 0 aliphatic rings. The van der Waals surface area contributed by atoms with Gasteiger partial charge in [-0.15, -0.1) is 22.7 Å². The fraction of sp³-hybridized carbons (Fsp3) is 0. The van der Waals surface area contributed by atoms with Crippen molar-refractivity contribution in [3.05, 3.63) is 303 Å². The van der Waals surface area contributed by atoms with E-state index in [1.807, 2.05) is 71.2 Å². The molecule has 6 nitrogen and oxygen atoms in total. The maximum absolute atomic E-state index is 8.73. The molecule has 0 bridgehead atoms. The highest BCUT2D eigenvalue weighted by Crippen LogP contribution is 2.50. The van der Waals surface area contributed by atoms with Gasteiger partial charge in [0, 0.05) is 96.9 Å². The molecule has 14 aromatic carbocycles. The van der Waals surface area contributed by atoms with Crippen molar-refractivity contribution in [3.63, 3.8) is 0 Å². The summed E-state index contributed by atoms with van der Waals surface area (Å²) in [5, 5.41) is 16.7. The minimum Gasteiger partial charge on any atom is -0.308 e. The maximum Gasteiger partial charge on any atom is 0.160 e. The Balaban J connectivity index is 0.000000137. The van der Waals surface area contributed by atoms with Crippen LogP contribution in [0, 0.1) is 0 Å². The average Bonchev–Trinajstić information content (AvgIpc) is 1.55. The lowest BCUT2D eigenvalue weighted by Gasteiger charge is -2.13. The molecule has 6 aromatic heterocycles. The molecule has 0 aliphatic carbocycles. The van der Waals surface area contributed by atoms with Crippen LogP contribution >= 0.6 is 22.7 Å². The minimum absolute atomic E-state index is 0.0541. The van der Waals surface area contributed by atoms with Crippen LogP contribution in [0.4, 0.5) is 0 Å². The van der Waals surface area contributed by atoms with Gasteiger partial charge in [-0.05, 0) is 82.2 Å². The van der Waals surface area contributed by atoms with Crippen molar-refractivity contribution in [3.8, 4) is 56.7 Å². The van der Waals surface area contributed by atoms with Crippen LogP contribution in [-0.4, -0.2) is 29.1 Å². The first kappa shape index (κ1) is 47.3. The van der Waals surface area contributed by atoms with Crippen LogP contribution in [0.2, 0.25) is 0 Å². The molecule has 428 valence electrons. The van der Waals surface area contributed by atoms with Crippen molar-refractivity contribution in [2.75, 3.05) is 0 Å². The number of benzene rings is 14. The summed E-state index contributed by atoms with van der Waals surface area (Å²) in [5.74, 6) is 1.12. The van der Waals surface area contributed by atoms with Gasteiger partial charge >= 0.3 is 0 Å². The third kappa shape index (κ3) is 8.11. The fourth-order valence-electron chi connectivity index (χ4n) is 14.1. The minimum atomic E-state index is -0.438. The number of fused-ring (bicyclic) bond motifs is 22. The molecule has 0 aliphatic heterocycles. The molecule has 0 amide bonds. The van der Waals surface area contributed by atoms with Crippen LogP contribution < -0.4 is 0 Å². The second-order valence-electron chi connectivity index (χ2n) is 23.1. The van der Waals surface area contributed by atoms with Crippen molar-refractivity contribution < 1.29 is 6.85 Å². The Bertz CT molecular complexity index is 6700.